The van der Waals surface area contributed by atoms with Crippen molar-refractivity contribution in [2.24, 2.45) is 0 Å². The van der Waals surface area contributed by atoms with Crippen LogP contribution in [-0.2, 0) is 9.47 Å². The summed E-state index contributed by atoms with van der Waals surface area (Å²) in [4.78, 5) is 0. The first-order valence-electron chi connectivity index (χ1n) is 12.2. The predicted molar refractivity (Wildman–Crippen MR) is 119 cm³/mol. The molecule has 0 unspecified atom stereocenters. The largest absolute Gasteiger partial charge is 0.394 e. The number of allylic oxidation sites excluding steroid dienone is 2. The molecule has 30 heavy (non-hydrogen) atoms. The van der Waals surface area contributed by atoms with Crippen LogP contribution in [0, 0.1) is 0 Å². The molecule has 0 aromatic heterocycles. The lowest BCUT2D eigenvalue weighted by Crippen LogP contribution is -2.59. The van der Waals surface area contributed by atoms with Crippen LogP contribution in [0.4, 0.5) is 0 Å². The van der Waals surface area contributed by atoms with Gasteiger partial charge in [0.25, 0.3) is 0 Å². The standard InChI is InChI=1S/C24H46O6/c1-2-3-4-5-6-7-8-9-10-11-12-13-14-15-16-17-18-29-23-20(19-25)30-24(28)22(27)21(23)26/h9-10,20-28H,2-8,11-19H2,1H3/t20-,21-,22-,23-,24+/m1/s1. The first kappa shape index (κ1) is 27.5. The predicted octanol–water partition coefficient (Wildman–Crippen LogP) is 3.84. The number of ether oxygens (including phenoxy) is 2. The Bertz CT molecular complexity index is 415. The summed E-state index contributed by atoms with van der Waals surface area (Å²) in [5, 5.41) is 38.5. The summed E-state index contributed by atoms with van der Waals surface area (Å²) in [7, 11) is 0. The molecule has 1 aliphatic rings. The third kappa shape index (κ3) is 11.8. The smallest absolute Gasteiger partial charge is 0.184 e. The van der Waals surface area contributed by atoms with Crippen molar-refractivity contribution in [2.75, 3.05) is 13.2 Å². The average molecular weight is 431 g/mol. The lowest BCUT2D eigenvalue weighted by atomic mass is 9.99. The van der Waals surface area contributed by atoms with Gasteiger partial charge in [-0.3, -0.25) is 0 Å². The zero-order valence-corrected chi connectivity index (χ0v) is 19.0. The van der Waals surface area contributed by atoms with Crippen molar-refractivity contribution < 1.29 is 29.9 Å². The minimum Gasteiger partial charge on any atom is -0.394 e. The van der Waals surface area contributed by atoms with Crippen molar-refractivity contribution >= 4 is 0 Å². The molecule has 1 rings (SSSR count). The summed E-state index contributed by atoms with van der Waals surface area (Å²) in [6.45, 7) is 2.32. The highest BCUT2D eigenvalue weighted by atomic mass is 16.6. The lowest BCUT2D eigenvalue weighted by molar-refractivity contribution is -0.294. The lowest BCUT2D eigenvalue weighted by Gasteiger charge is -2.40. The molecule has 6 heteroatoms. The summed E-state index contributed by atoms with van der Waals surface area (Å²) in [6.07, 6.45) is 16.2. The average Bonchev–Trinajstić information content (AvgIpc) is 2.75. The number of aliphatic hydroxyl groups is 4. The molecule has 178 valence electrons. The van der Waals surface area contributed by atoms with E-state index in [1.165, 1.54) is 70.6 Å². The van der Waals surface area contributed by atoms with E-state index in [4.69, 9.17) is 9.47 Å². The van der Waals surface area contributed by atoms with Crippen LogP contribution in [0.5, 0.6) is 0 Å². The van der Waals surface area contributed by atoms with Crippen molar-refractivity contribution in [3.05, 3.63) is 12.2 Å². The fourth-order valence-corrected chi connectivity index (χ4v) is 3.84. The quantitative estimate of drug-likeness (QED) is 0.195. The number of aliphatic hydroxyl groups excluding tert-OH is 4. The van der Waals surface area contributed by atoms with Crippen LogP contribution in [0.3, 0.4) is 0 Å². The molecule has 1 fully saturated rings. The Labute approximate surface area is 183 Å². The third-order valence-electron chi connectivity index (χ3n) is 5.81. The van der Waals surface area contributed by atoms with Gasteiger partial charge in [0.2, 0.25) is 0 Å². The number of rotatable bonds is 18. The van der Waals surface area contributed by atoms with Crippen molar-refractivity contribution in [2.45, 2.75) is 128 Å². The molecule has 1 heterocycles. The second kappa shape index (κ2) is 18.1. The van der Waals surface area contributed by atoms with E-state index in [1.54, 1.807) is 0 Å². The molecule has 6 nitrogen and oxygen atoms in total. The summed E-state index contributed by atoms with van der Waals surface area (Å²) < 4.78 is 10.7. The molecule has 0 radical (unpaired) electrons. The topological polar surface area (TPSA) is 99.4 Å². The van der Waals surface area contributed by atoms with Crippen molar-refractivity contribution in [3.8, 4) is 0 Å². The van der Waals surface area contributed by atoms with E-state index in [1.807, 2.05) is 0 Å². The maximum Gasteiger partial charge on any atom is 0.184 e. The first-order valence-corrected chi connectivity index (χ1v) is 12.2. The van der Waals surface area contributed by atoms with Crippen LogP contribution in [-0.4, -0.2) is 64.3 Å². The highest BCUT2D eigenvalue weighted by Crippen LogP contribution is 2.22. The van der Waals surface area contributed by atoms with E-state index < -0.39 is 30.7 Å². The van der Waals surface area contributed by atoms with E-state index in [9.17, 15) is 20.4 Å². The molecule has 0 aliphatic carbocycles. The van der Waals surface area contributed by atoms with Crippen LogP contribution in [0.1, 0.15) is 96.8 Å². The van der Waals surface area contributed by atoms with Gasteiger partial charge in [-0.2, -0.15) is 0 Å². The first-order chi connectivity index (χ1) is 14.6. The number of hydrogen-bond acceptors (Lipinski definition) is 6. The molecule has 5 atom stereocenters. The molecule has 1 aliphatic heterocycles. The normalized spacial score (nSPS) is 27.2. The van der Waals surface area contributed by atoms with Crippen LogP contribution in [0.25, 0.3) is 0 Å². The summed E-state index contributed by atoms with van der Waals surface area (Å²) in [6, 6.07) is 0. The second-order valence-electron chi connectivity index (χ2n) is 8.50. The van der Waals surface area contributed by atoms with Crippen LogP contribution < -0.4 is 0 Å². The zero-order valence-electron chi connectivity index (χ0n) is 19.0. The van der Waals surface area contributed by atoms with Crippen molar-refractivity contribution in [1.29, 1.82) is 0 Å². The molecule has 0 aromatic rings. The van der Waals surface area contributed by atoms with Gasteiger partial charge in [-0.15, -0.1) is 0 Å². The molecule has 4 N–H and O–H groups in total. The van der Waals surface area contributed by atoms with Crippen LogP contribution in [0.15, 0.2) is 12.2 Å². The third-order valence-corrected chi connectivity index (χ3v) is 5.81. The van der Waals surface area contributed by atoms with Crippen LogP contribution in [0.2, 0.25) is 0 Å². The maximum absolute atomic E-state index is 10.0. The Kier molecular flexibility index (Phi) is 16.6. The second-order valence-corrected chi connectivity index (χ2v) is 8.50. The van der Waals surface area contributed by atoms with Gasteiger partial charge in [0.05, 0.1) is 6.61 Å². The molecule has 0 bridgehead atoms. The number of unbranched alkanes of at least 4 members (excludes halogenated alkanes) is 12. The molecular weight excluding hydrogens is 384 g/mol. The SMILES string of the molecule is CCCCCCCCC=CCCCCCCCCO[C@H]1[C@H](O)[C@@H](O)[C@@H](O)O[C@@H]1CO. The fourth-order valence-electron chi connectivity index (χ4n) is 3.84. The number of hydrogen-bond donors (Lipinski definition) is 4. The summed E-state index contributed by atoms with van der Waals surface area (Å²) in [5.74, 6) is 0. The molecular formula is C24H46O6. The monoisotopic (exact) mass is 430 g/mol. The van der Waals surface area contributed by atoms with Gasteiger partial charge >= 0.3 is 0 Å². The summed E-state index contributed by atoms with van der Waals surface area (Å²) in [5.41, 5.74) is 0. The van der Waals surface area contributed by atoms with Gasteiger partial charge in [0.15, 0.2) is 6.29 Å². The Morgan fingerprint density at radius 1 is 0.733 bits per heavy atom. The zero-order chi connectivity index (χ0) is 22.0. The van der Waals surface area contributed by atoms with Gasteiger partial charge in [0.1, 0.15) is 24.4 Å². The molecule has 0 saturated carbocycles. The van der Waals surface area contributed by atoms with E-state index in [-0.39, 0.29) is 6.61 Å². The molecule has 0 amide bonds. The van der Waals surface area contributed by atoms with Crippen molar-refractivity contribution in [1.82, 2.24) is 0 Å². The minimum atomic E-state index is -1.50. The molecule has 1 saturated heterocycles. The molecule has 0 spiro atoms. The Hall–Kier alpha value is -0.500. The van der Waals surface area contributed by atoms with Crippen molar-refractivity contribution in [3.63, 3.8) is 0 Å². The Morgan fingerprint density at radius 3 is 1.83 bits per heavy atom. The van der Waals surface area contributed by atoms with Gasteiger partial charge in [-0.05, 0) is 32.1 Å². The van der Waals surface area contributed by atoms with E-state index in [0.717, 1.165) is 19.3 Å². The van der Waals surface area contributed by atoms with E-state index >= 15 is 0 Å². The van der Waals surface area contributed by atoms with Gasteiger partial charge < -0.3 is 29.9 Å². The maximum atomic E-state index is 10.0. The van der Waals surface area contributed by atoms with E-state index in [0.29, 0.717) is 6.61 Å². The highest BCUT2D eigenvalue weighted by molar-refractivity contribution is 4.89. The minimum absolute atomic E-state index is 0.376. The van der Waals surface area contributed by atoms with Gasteiger partial charge in [0, 0.05) is 6.61 Å². The fraction of sp³-hybridized carbons (Fsp3) is 0.917. The Balaban J connectivity index is 1.92. The Morgan fingerprint density at radius 2 is 1.27 bits per heavy atom. The van der Waals surface area contributed by atoms with Gasteiger partial charge in [-0.1, -0.05) is 76.9 Å². The van der Waals surface area contributed by atoms with E-state index in [2.05, 4.69) is 19.1 Å². The van der Waals surface area contributed by atoms with Crippen LogP contribution >= 0.6 is 0 Å². The highest BCUT2D eigenvalue weighted by Gasteiger charge is 2.44. The molecule has 0 aromatic carbocycles. The van der Waals surface area contributed by atoms with Gasteiger partial charge in [-0.25, -0.2) is 0 Å². The summed E-state index contributed by atoms with van der Waals surface area (Å²) >= 11 is 0.